The van der Waals surface area contributed by atoms with Crippen LogP contribution in [0.4, 0.5) is 5.82 Å². The number of carbonyl (C=O) groups is 1. The normalized spacial score (nSPS) is 16.0. The SMILES string of the molecule is O=C(/C=C/c1ccc(S(=O)(=O)N2CCCCCC2)cc1)Nc1cccc(Cl)n1. The Kier molecular flexibility index (Phi) is 6.83. The van der Waals surface area contributed by atoms with E-state index in [4.69, 9.17) is 11.6 Å². The Balaban J connectivity index is 1.65. The number of pyridine rings is 1. The second-order valence-electron chi connectivity index (χ2n) is 6.56. The second kappa shape index (κ2) is 9.32. The average molecular weight is 420 g/mol. The molecule has 0 atom stereocenters. The van der Waals surface area contributed by atoms with Crippen LogP contribution >= 0.6 is 11.6 Å². The molecule has 1 aliphatic rings. The molecule has 0 saturated carbocycles. The molecule has 0 spiro atoms. The zero-order valence-electron chi connectivity index (χ0n) is 15.3. The van der Waals surface area contributed by atoms with Crippen molar-refractivity contribution in [1.82, 2.24) is 9.29 Å². The molecule has 1 aromatic carbocycles. The number of rotatable bonds is 5. The highest BCUT2D eigenvalue weighted by Gasteiger charge is 2.24. The van der Waals surface area contributed by atoms with Gasteiger partial charge in [-0.25, -0.2) is 13.4 Å². The molecular formula is C20H22ClN3O3S. The number of nitrogens with one attached hydrogen (secondary N) is 1. The van der Waals surface area contributed by atoms with Gasteiger partial charge in [-0.2, -0.15) is 4.31 Å². The van der Waals surface area contributed by atoms with Crippen LogP contribution in [0, 0.1) is 0 Å². The second-order valence-corrected chi connectivity index (χ2v) is 8.88. The monoisotopic (exact) mass is 419 g/mol. The summed E-state index contributed by atoms with van der Waals surface area (Å²) >= 11 is 5.79. The van der Waals surface area contributed by atoms with Crippen LogP contribution in [0.25, 0.3) is 6.08 Å². The number of amides is 1. The molecule has 3 rings (SSSR count). The van der Waals surface area contributed by atoms with Gasteiger partial charge in [-0.3, -0.25) is 4.79 Å². The lowest BCUT2D eigenvalue weighted by atomic mass is 10.2. The van der Waals surface area contributed by atoms with Gasteiger partial charge in [-0.15, -0.1) is 0 Å². The zero-order valence-corrected chi connectivity index (χ0v) is 16.9. The third-order valence-electron chi connectivity index (χ3n) is 4.48. The quantitative estimate of drug-likeness (QED) is 0.587. The van der Waals surface area contributed by atoms with Gasteiger partial charge in [0.1, 0.15) is 11.0 Å². The lowest BCUT2D eigenvalue weighted by Crippen LogP contribution is -2.31. The van der Waals surface area contributed by atoms with E-state index in [1.165, 1.54) is 6.08 Å². The van der Waals surface area contributed by atoms with Crippen molar-refractivity contribution in [1.29, 1.82) is 0 Å². The van der Waals surface area contributed by atoms with Crippen molar-refractivity contribution in [3.05, 3.63) is 59.3 Å². The number of carbonyl (C=O) groups excluding carboxylic acids is 1. The van der Waals surface area contributed by atoms with E-state index in [-0.39, 0.29) is 10.8 Å². The smallest absolute Gasteiger partial charge is 0.249 e. The summed E-state index contributed by atoms with van der Waals surface area (Å²) in [5, 5.41) is 2.91. The summed E-state index contributed by atoms with van der Waals surface area (Å²) in [6.45, 7) is 1.14. The summed E-state index contributed by atoms with van der Waals surface area (Å²) in [5.41, 5.74) is 0.726. The highest BCUT2D eigenvalue weighted by Crippen LogP contribution is 2.21. The van der Waals surface area contributed by atoms with Crippen LogP contribution in [0.2, 0.25) is 5.15 Å². The summed E-state index contributed by atoms with van der Waals surface area (Å²) in [5.74, 6) is 0.0112. The minimum atomic E-state index is -3.47. The molecule has 1 saturated heterocycles. The molecular weight excluding hydrogens is 398 g/mol. The number of hydrogen-bond acceptors (Lipinski definition) is 4. The summed E-state index contributed by atoms with van der Waals surface area (Å²) < 4.78 is 27.1. The highest BCUT2D eigenvalue weighted by molar-refractivity contribution is 7.89. The average Bonchev–Trinajstić information content (AvgIpc) is 2.97. The Bertz CT molecular complexity index is 951. The minimum Gasteiger partial charge on any atom is -0.307 e. The number of nitrogens with zero attached hydrogens (tertiary/aromatic N) is 2. The Hall–Kier alpha value is -2.22. The molecule has 2 aromatic rings. The van der Waals surface area contributed by atoms with Crippen molar-refractivity contribution < 1.29 is 13.2 Å². The van der Waals surface area contributed by atoms with E-state index in [1.54, 1.807) is 52.8 Å². The zero-order chi connectivity index (χ0) is 20.0. The van der Waals surface area contributed by atoms with Crippen molar-refractivity contribution in [3.8, 4) is 0 Å². The summed E-state index contributed by atoms with van der Waals surface area (Å²) in [6.07, 6.45) is 6.92. The topological polar surface area (TPSA) is 79.4 Å². The van der Waals surface area contributed by atoms with Gasteiger partial charge in [0.15, 0.2) is 0 Å². The lowest BCUT2D eigenvalue weighted by molar-refractivity contribution is -0.111. The molecule has 2 heterocycles. The van der Waals surface area contributed by atoms with E-state index < -0.39 is 10.0 Å². The maximum absolute atomic E-state index is 12.8. The fourth-order valence-corrected chi connectivity index (χ4v) is 4.68. The summed E-state index contributed by atoms with van der Waals surface area (Å²) in [6, 6.07) is 11.5. The van der Waals surface area contributed by atoms with E-state index in [9.17, 15) is 13.2 Å². The largest absolute Gasteiger partial charge is 0.307 e. The number of hydrogen-bond donors (Lipinski definition) is 1. The molecule has 0 aliphatic carbocycles. The Morgan fingerprint density at radius 1 is 1.04 bits per heavy atom. The third-order valence-corrected chi connectivity index (χ3v) is 6.60. The van der Waals surface area contributed by atoms with Gasteiger partial charge < -0.3 is 5.32 Å². The predicted octanol–water partition coefficient (Wildman–Crippen LogP) is 3.95. The van der Waals surface area contributed by atoms with Crippen LogP contribution in [0.5, 0.6) is 0 Å². The number of aromatic nitrogens is 1. The van der Waals surface area contributed by atoms with Gasteiger partial charge >= 0.3 is 0 Å². The standard InChI is InChI=1S/C20H22ClN3O3S/c21-18-6-5-7-19(22-18)23-20(25)13-10-16-8-11-17(12-9-16)28(26,27)24-14-3-1-2-4-15-24/h5-13H,1-4,14-15H2,(H,22,23,25)/b13-10+. The number of sulfonamides is 1. The van der Waals surface area contributed by atoms with Crippen molar-refractivity contribution in [2.24, 2.45) is 0 Å². The van der Waals surface area contributed by atoms with Crippen LogP contribution in [-0.4, -0.2) is 36.7 Å². The van der Waals surface area contributed by atoms with Crippen LogP contribution in [0.1, 0.15) is 31.2 Å². The molecule has 6 nitrogen and oxygen atoms in total. The van der Waals surface area contributed by atoms with E-state index in [0.29, 0.717) is 24.1 Å². The lowest BCUT2D eigenvalue weighted by Gasteiger charge is -2.19. The number of anilines is 1. The van der Waals surface area contributed by atoms with Crippen LogP contribution in [0.15, 0.2) is 53.4 Å². The molecule has 1 aliphatic heterocycles. The van der Waals surface area contributed by atoms with E-state index in [0.717, 1.165) is 31.2 Å². The first-order valence-electron chi connectivity index (χ1n) is 9.17. The van der Waals surface area contributed by atoms with Crippen molar-refractivity contribution >= 4 is 39.4 Å². The van der Waals surface area contributed by atoms with Crippen molar-refractivity contribution in [2.75, 3.05) is 18.4 Å². The van der Waals surface area contributed by atoms with Gasteiger partial charge in [-0.05, 0) is 48.7 Å². The first-order chi connectivity index (χ1) is 13.4. The molecule has 1 amide bonds. The molecule has 1 N–H and O–H groups in total. The van der Waals surface area contributed by atoms with Crippen molar-refractivity contribution in [2.45, 2.75) is 30.6 Å². The Morgan fingerprint density at radius 2 is 1.71 bits per heavy atom. The van der Waals surface area contributed by atoms with Gasteiger partial charge in [0.2, 0.25) is 15.9 Å². The molecule has 8 heteroatoms. The fraction of sp³-hybridized carbons (Fsp3) is 0.300. The van der Waals surface area contributed by atoms with E-state index in [2.05, 4.69) is 10.3 Å². The van der Waals surface area contributed by atoms with Gasteiger partial charge in [0, 0.05) is 19.2 Å². The fourth-order valence-electron chi connectivity index (χ4n) is 3.00. The molecule has 0 unspecified atom stereocenters. The highest BCUT2D eigenvalue weighted by atomic mass is 35.5. The van der Waals surface area contributed by atoms with E-state index >= 15 is 0 Å². The van der Waals surface area contributed by atoms with Gasteiger partial charge in [-0.1, -0.05) is 42.6 Å². The summed E-state index contributed by atoms with van der Waals surface area (Å²) in [4.78, 5) is 16.2. The molecule has 0 radical (unpaired) electrons. The first kappa shape index (κ1) is 20.5. The molecule has 1 aromatic heterocycles. The van der Waals surface area contributed by atoms with Crippen LogP contribution < -0.4 is 5.32 Å². The molecule has 1 fully saturated rings. The molecule has 0 bridgehead atoms. The van der Waals surface area contributed by atoms with Crippen LogP contribution in [0.3, 0.4) is 0 Å². The predicted molar refractivity (Wildman–Crippen MR) is 111 cm³/mol. The van der Waals surface area contributed by atoms with Gasteiger partial charge in [0.05, 0.1) is 4.90 Å². The number of halogens is 1. The molecule has 28 heavy (non-hydrogen) atoms. The Morgan fingerprint density at radius 3 is 2.36 bits per heavy atom. The molecule has 148 valence electrons. The minimum absolute atomic E-state index is 0.277. The van der Waals surface area contributed by atoms with Gasteiger partial charge in [0.25, 0.3) is 0 Å². The maximum atomic E-state index is 12.8. The summed E-state index contributed by atoms with van der Waals surface area (Å²) in [7, 11) is -3.47. The third kappa shape index (κ3) is 5.41. The van der Waals surface area contributed by atoms with E-state index in [1.807, 2.05) is 0 Å². The van der Waals surface area contributed by atoms with Crippen molar-refractivity contribution in [3.63, 3.8) is 0 Å². The number of benzene rings is 1. The van der Waals surface area contributed by atoms with Crippen LogP contribution in [-0.2, 0) is 14.8 Å². The Labute approximate surface area is 170 Å². The maximum Gasteiger partial charge on any atom is 0.249 e. The first-order valence-corrected chi connectivity index (χ1v) is 11.0.